The second-order valence-corrected chi connectivity index (χ2v) is 5.88. The zero-order valence-electron chi connectivity index (χ0n) is 12.1. The van der Waals surface area contributed by atoms with E-state index in [0.717, 1.165) is 19.5 Å². The summed E-state index contributed by atoms with van der Waals surface area (Å²) in [5.41, 5.74) is 0. The quantitative estimate of drug-likeness (QED) is 0.846. The predicted octanol–water partition coefficient (Wildman–Crippen LogP) is 3.76. The molecular weight excluding hydrogens is 274 g/mol. The van der Waals surface area contributed by atoms with Crippen LogP contribution in [0.3, 0.4) is 0 Å². The Morgan fingerprint density at radius 3 is 2.90 bits per heavy atom. The fourth-order valence-electron chi connectivity index (χ4n) is 2.60. The maximum Gasteiger partial charge on any atom is 0.263 e. The van der Waals surface area contributed by atoms with E-state index < -0.39 is 6.10 Å². The van der Waals surface area contributed by atoms with Crippen LogP contribution in [0, 0.1) is 5.92 Å². The highest BCUT2D eigenvalue weighted by Crippen LogP contribution is 2.26. The van der Waals surface area contributed by atoms with E-state index in [0.29, 0.717) is 23.1 Å². The van der Waals surface area contributed by atoms with Gasteiger partial charge in [-0.2, -0.15) is 0 Å². The molecule has 0 bridgehead atoms. The van der Waals surface area contributed by atoms with Gasteiger partial charge in [0.1, 0.15) is 5.75 Å². The van der Waals surface area contributed by atoms with E-state index in [4.69, 9.17) is 16.3 Å². The van der Waals surface area contributed by atoms with Gasteiger partial charge in [0, 0.05) is 13.1 Å². The summed E-state index contributed by atoms with van der Waals surface area (Å²) in [6.07, 6.45) is 2.48. The van der Waals surface area contributed by atoms with E-state index >= 15 is 0 Å². The van der Waals surface area contributed by atoms with Crippen LogP contribution in [-0.4, -0.2) is 30.0 Å². The Labute approximate surface area is 125 Å². The highest BCUT2D eigenvalue weighted by atomic mass is 35.5. The number of hydrogen-bond acceptors (Lipinski definition) is 2. The van der Waals surface area contributed by atoms with Gasteiger partial charge in [-0.25, -0.2) is 0 Å². The molecule has 2 rings (SSSR count). The summed E-state index contributed by atoms with van der Waals surface area (Å²) >= 11 is 6.09. The number of rotatable bonds is 4. The first-order valence-corrected chi connectivity index (χ1v) is 7.69. The number of carbonyl (C=O) groups is 1. The molecule has 1 aliphatic heterocycles. The number of nitrogens with zero attached hydrogens (tertiary/aromatic N) is 1. The number of ether oxygens (including phenoxy) is 1. The molecule has 0 unspecified atom stereocenters. The molecule has 0 aromatic heterocycles. The summed E-state index contributed by atoms with van der Waals surface area (Å²) in [5.74, 6) is 1.24. The van der Waals surface area contributed by atoms with Crippen molar-refractivity contribution in [3.05, 3.63) is 29.3 Å². The van der Waals surface area contributed by atoms with Crippen molar-refractivity contribution in [2.24, 2.45) is 5.92 Å². The second kappa shape index (κ2) is 6.98. The molecule has 0 N–H and O–H groups in total. The number of piperidine rings is 1. The Balaban J connectivity index is 2.04. The maximum absolute atomic E-state index is 12.5. The van der Waals surface area contributed by atoms with Crippen LogP contribution in [0.25, 0.3) is 0 Å². The van der Waals surface area contributed by atoms with E-state index in [1.807, 2.05) is 24.0 Å². The molecule has 3 nitrogen and oxygen atoms in total. The fourth-order valence-corrected chi connectivity index (χ4v) is 2.78. The molecule has 1 aromatic carbocycles. The minimum absolute atomic E-state index is 0.0824. The van der Waals surface area contributed by atoms with Crippen LogP contribution >= 0.6 is 11.6 Å². The van der Waals surface area contributed by atoms with E-state index in [2.05, 4.69) is 6.92 Å². The Morgan fingerprint density at radius 2 is 2.25 bits per heavy atom. The van der Waals surface area contributed by atoms with Crippen LogP contribution in [-0.2, 0) is 4.79 Å². The first kappa shape index (κ1) is 15.2. The van der Waals surface area contributed by atoms with Gasteiger partial charge < -0.3 is 9.64 Å². The SMILES string of the molecule is CC[C@@H](Oc1ccccc1Cl)C(=O)N1CCC[C@@H](C)C1. The van der Waals surface area contributed by atoms with Gasteiger partial charge in [0.15, 0.2) is 6.10 Å². The molecule has 1 aliphatic rings. The number of carbonyl (C=O) groups excluding carboxylic acids is 1. The molecule has 1 heterocycles. The van der Waals surface area contributed by atoms with Gasteiger partial charge in [-0.05, 0) is 37.3 Å². The number of amides is 1. The van der Waals surface area contributed by atoms with E-state index in [9.17, 15) is 4.79 Å². The number of para-hydroxylation sites is 1. The molecule has 0 spiro atoms. The molecule has 0 saturated carbocycles. The van der Waals surface area contributed by atoms with Crippen molar-refractivity contribution >= 4 is 17.5 Å². The first-order valence-electron chi connectivity index (χ1n) is 7.31. The van der Waals surface area contributed by atoms with Gasteiger partial charge in [0.25, 0.3) is 5.91 Å². The van der Waals surface area contributed by atoms with Crippen LogP contribution in [0.15, 0.2) is 24.3 Å². The molecule has 4 heteroatoms. The number of likely N-dealkylation sites (tertiary alicyclic amines) is 1. The Morgan fingerprint density at radius 1 is 1.50 bits per heavy atom. The molecule has 1 amide bonds. The molecule has 0 radical (unpaired) electrons. The molecular formula is C16H22ClNO2. The highest BCUT2D eigenvalue weighted by molar-refractivity contribution is 6.32. The van der Waals surface area contributed by atoms with Gasteiger partial charge in [-0.15, -0.1) is 0 Å². The third kappa shape index (κ3) is 3.66. The average Bonchev–Trinajstić information content (AvgIpc) is 2.46. The van der Waals surface area contributed by atoms with Gasteiger partial charge in [0.05, 0.1) is 5.02 Å². The molecule has 2 atom stereocenters. The second-order valence-electron chi connectivity index (χ2n) is 5.48. The summed E-state index contributed by atoms with van der Waals surface area (Å²) in [6, 6.07) is 7.29. The molecule has 20 heavy (non-hydrogen) atoms. The fraction of sp³-hybridized carbons (Fsp3) is 0.562. The van der Waals surface area contributed by atoms with Crippen LogP contribution in [0.4, 0.5) is 0 Å². The number of hydrogen-bond donors (Lipinski definition) is 0. The number of halogens is 1. The lowest BCUT2D eigenvalue weighted by Crippen LogP contribution is -2.46. The Bertz CT molecular complexity index is 464. The summed E-state index contributed by atoms with van der Waals surface area (Å²) in [7, 11) is 0. The van der Waals surface area contributed by atoms with Crippen molar-refractivity contribution in [2.75, 3.05) is 13.1 Å². The van der Waals surface area contributed by atoms with E-state index in [1.54, 1.807) is 12.1 Å². The van der Waals surface area contributed by atoms with Crippen molar-refractivity contribution in [3.8, 4) is 5.75 Å². The molecule has 1 saturated heterocycles. The molecule has 110 valence electrons. The predicted molar refractivity (Wildman–Crippen MR) is 81.1 cm³/mol. The van der Waals surface area contributed by atoms with Crippen molar-refractivity contribution in [2.45, 2.75) is 39.2 Å². The maximum atomic E-state index is 12.5. The zero-order chi connectivity index (χ0) is 14.5. The third-order valence-electron chi connectivity index (χ3n) is 3.72. The average molecular weight is 296 g/mol. The van der Waals surface area contributed by atoms with Crippen LogP contribution in [0.1, 0.15) is 33.1 Å². The summed E-state index contributed by atoms with van der Waals surface area (Å²) in [4.78, 5) is 14.5. The lowest BCUT2D eigenvalue weighted by Gasteiger charge is -2.33. The lowest BCUT2D eigenvalue weighted by atomic mass is 9.99. The van der Waals surface area contributed by atoms with Crippen LogP contribution in [0.2, 0.25) is 5.02 Å². The first-order chi connectivity index (χ1) is 9.61. The normalized spacial score (nSPS) is 20.6. The molecule has 0 aliphatic carbocycles. The van der Waals surface area contributed by atoms with Crippen LogP contribution < -0.4 is 4.74 Å². The van der Waals surface area contributed by atoms with Crippen LogP contribution in [0.5, 0.6) is 5.75 Å². The standard InChI is InChI=1S/C16H22ClNO2/c1-3-14(20-15-9-5-4-8-13(15)17)16(19)18-10-6-7-12(2)11-18/h4-5,8-9,12,14H,3,6-7,10-11H2,1-2H3/t12-,14-/m1/s1. The van der Waals surface area contributed by atoms with Gasteiger partial charge in [-0.1, -0.05) is 37.6 Å². The van der Waals surface area contributed by atoms with Gasteiger partial charge in [-0.3, -0.25) is 4.79 Å². The van der Waals surface area contributed by atoms with E-state index in [-0.39, 0.29) is 5.91 Å². The smallest absolute Gasteiger partial charge is 0.263 e. The Hall–Kier alpha value is -1.22. The summed E-state index contributed by atoms with van der Waals surface area (Å²) in [5, 5.41) is 0.547. The topological polar surface area (TPSA) is 29.5 Å². The zero-order valence-corrected chi connectivity index (χ0v) is 12.9. The van der Waals surface area contributed by atoms with E-state index in [1.165, 1.54) is 6.42 Å². The van der Waals surface area contributed by atoms with Gasteiger partial charge in [0.2, 0.25) is 0 Å². The van der Waals surface area contributed by atoms with Crippen molar-refractivity contribution in [1.82, 2.24) is 4.90 Å². The minimum atomic E-state index is -0.444. The highest BCUT2D eigenvalue weighted by Gasteiger charge is 2.28. The van der Waals surface area contributed by atoms with Crippen molar-refractivity contribution in [3.63, 3.8) is 0 Å². The lowest BCUT2D eigenvalue weighted by molar-refractivity contribution is -0.140. The molecule has 1 aromatic rings. The number of benzene rings is 1. The minimum Gasteiger partial charge on any atom is -0.479 e. The third-order valence-corrected chi connectivity index (χ3v) is 4.03. The summed E-state index contributed by atoms with van der Waals surface area (Å²) < 4.78 is 5.82. The van der Waals surface area contributed by atoms with Crippen molar-refractivity contribution < 1.29 is 9.53 Å². The van der Waals surface area contributed by atoms with Crippen molar-refractivity contribution in [1.29, 1.82) is 0 Å². The van der Waals surface area contributed by atoms with Gasteiger partial charge >= 0.3 is 0 Å². The summed E-state index contributed by atoms with van der Waals surface area (Å²) in [6.45, 7) is 5.83. The monoisotopic (exact) mass is 295 g/mol. The Kier molecular flexibility index (Phi) is 5.30. The largest absolute Gasteiger partial charge is 0.479 e. The molecule has 1 fully saturated rings.